The fourth-order valence-electron chi connectivity index (χ4n) is 2.70. The first-order valence-corrected chi connectivity index (χ1v) is 6.62. The van der Waals surface area contributed by atoms with Crippen molar-refractivity contribution in [3.63, 3.8) is 0 Å². The third-order valence-corrected chi connectivity index (χ3v) is 3.85. The average Bonchev–Trinajstić information content (AvgIpc) is 2.83. The van der Waals surface area contributed by atoms with Crippen LogP contribution in [-0.2, 0) is 7.05 Å². The van der Waals surface area contributed by atoms with Crippen LogP contribution in [0, 0.1) is 5.92 Å². The van der Waals surface area contributed by atoms with E-state index in [2.05, 4.69) is 17.3 Å². The van der Waals surface area contributed by atoms with Gasteiger partial charge in [-0.3, -0.25) is 9.48 Å². The van der Waals surface area contributed by atoms with Crippen LogP contribution in [-0.4, -0.2) is 46.8 Å². The molecule has 1 aromatic rings. The summed E-state index contributed by atoms with van der Waals surface area (Å²) in [5, 5.41) is 7.54. The molecule has 0 bridgehead atoms. The first-order valence-electron chi connectivity index (χ1n) is 6.62. The number of rotatable bonds is 3. The van der Waals surface area contributed by atoms with Crippen LogP contribution in [0.2, 0.25) is 0 Å². The van der Waals surface area contributed by atoms with Crippen LogP contribution >= 0.6 is 0 Å². The molecule has 2 unspecified atom stereocenters. The molecule has 1 aliphatic heterocycles. The third-order valence-electron chi connectivity index (χ3n) is 3.85. The van der Waals surface area contributed by atoms with Gasteiger partial charge in [0.15, 0.2) is 0 Å². The zero-order valence-corrected chi connectivity index (χ0v) is 11.4. The Balaban J connectivity index is 2.04. The van der Waals surface area contributed by atoms with Crippen molar-refractivity contribution < 1.29 is 4.79 Å². The van der Waals surface area contributed by atoms with Gasteiger partial charge < -0.3 is 10.2 Å². The van der Waals surface area contributed by atoms with E-state index in [0.717, 1.165) is 25.9 Å². The van der Waals surface area contributed by atoms with Crippen molar-refractivity contribution in [3.8, 4) is 0 Å². The van der Waals surface area contributed by atoms with Crippen LogP contribution in [0.15, 0.2) is 12.3 Å². The van der Waals surface area contributed by atoms with Gasteiger partial charge >= 0.3 is 0 Å². The molecule has 1 aromatic heterocycles. The molecule has 2 heterocycles. The summed E-state index contributed by atoms with van der Waals surface area (Å²) in [4.78, 5) is 14.2. The summed E-state index contributed by atoms with van der Waals surface area (Å²) in [6.07, 6.45) is 3.93. The number of nitrogens with zero attached hydrogens (tertiary/aromatic N) is 3. The fourth-order valence-corrected chi connectivity index (χ4v) is 2.70. The lowest BCUT2D eigenvalue weighted by molar-refractivity contribution is 0.0625. The lowest BCUT2D eigenvalue weighted by Gasteiger charge is -2.37. The van der Waals surface area contributed by atoms with Crippen molar-refractivity contribution in [2.45, 2.75) is 25.8 Å². The molecule has 1 N–H and O–H groups in total. The molecule has 0 spiro atoms. The largest absolute Gasteiger partial charge is 0.337 e. The van der Waals surface area contributed by atoms with Crippen LogP contribution in [0.1, 0.15) is 30.3 Å². The second kappa shape index (κ2) is 5.52. The maximum absolute atomic E-state index is 12.3. The second-order valence-electron chi connectivity index (χ2n) is 4.98. The van der Waals surface area contributed by atoms with E-state index in [1.54, 1.807) is 10.7 Å². The lowest BCUT2D eigenvalue weighted by atomic mass is 9.90. The Hall–Kier alpha value is -1.36. The number of piperidine rings is 1. The molecule has 0 saturated carbocycles. The highest BCUT2D eigenvalue weighted by Crippen LogP contribution is 2.21. The normalized spacial score (nSPS) is 24.3. The van der Waals surface area contributed by atoms with Gasteiger partial charge in [-0.25, -0.2) is 0 Å². The van der Waals surface area contributed by atoms with Gasteiger partial charge in [0.05, 0.1) is 0 Å². The van der Waals surface area contributed by atoms with Gasteiger partial charge in [-0.05, 0) is 25.5 Å². The maximum atomic E-state index is 12.3. The lowest BCUT2D eigenvalue weighted by Crippen LogP contribution is -2.50. The summed E-state index contributed by atoms with van der Waals surface area (Å²) in [5.41, 5.74) is 0.551. The molecule has 5 heteroatoms. The predicted octanol–water partition coefficient (Wildman–Crippen LogP) is 0.880. The molecule has 1 amide bonds. The summed E-state index contributed by atoms with van der Waals surface area (Å²) in [5.74, 6) is 0.597. The molecule has 5 nitrogen and oxygen atoms in total. The smallest absolute Gasteiger partial charge is 0.274 e. The Morgan fingerprint density at radius 1 is 1.61 bits per heavy atom. The second-order valence-corrected chi connectivity index (χ2v) is 4.98. The monoisotopic (exact) mass is 250 g/mol. The third kappa shape index (κ3) is 2.56. The van der Waals surface area contributed by atoms with Crippen molar-refractivity contribution >= 4 is 5.91 Å². The minimum atomic E-state index is 0.0589. The number of likely N-dealkylation sites (tertiary alicyclic amines) is 1. The summed E-state index contributed by atoms with van der Waals surface area (Å²) >= 11 is 0. The Labute approximate surface area is 108 Å². The molecule has 0 aliphatic carbocycles. The number of carbonyl (C=O) groups excluding carboxylic acids is 1. The molecule has 1 aliphatic rings. The highest BCUT2D eigenvalue weighted by molar-refractivity contribution is 5.92. The van der Waals surface area contributed by atoms with Crippen molar-refractivity contribution in [1.29, 1.82) is 0 Å². The van der Waals surface area contributed by atoms with Gasteiger partial charge in [-0.2, -0.15) is 5.10 Å². The summed E-state index contributed by atoms with van der Waals surface area (Å²) < 4.78 is 1.67. The Bertz CT molecular complexity index is 415. The van der Waals surface area contributed by atoms with Crippen LogP contribution in [0.5, 0.6) is 0 Å². The molecule has 0 radical (unpaired) electrons. The van der Waals surface area contributed by atoms with Crippen LogP contribution in [0.3, 0.4) is 0 Å². The maximum Gasteiger partial charge on any atom is 0.274 e. The molecule has 18 heavy (non-hydrogen) atoms. The number of aryl methyl sites for hydroxylation is 1. The van der Waals surface area contributed by atoms with E-state index in [1.807, 2.05) is 25.2 Å². The van der Waals surface area contributed by atoms with Crippen LogP contribution in [0.25, 0.3) is 0 Å². The quantitative estimate of drug-likeness (QED) is 0.866. The van der Waals surface area contributed by atoms with Crippen molar-refractivity contribution in [2.75, 3.05) is 20.1 Å². The summed E-state index contributed by atoms with van der Waals surface area (Å²) in [6, 6.07) is 2.32. The van der Waals surface area contributed by atoms with Gasteiger partial charge in [-0.15, -0.1) is 0 Å². The zero-order valence-electron chi connectivity index (χ0n) is 11.4. The Kier molecular flexibility index (Phi) is 4.01. The summed E-state index contributed by atoms with van der Waals surface area (Å²) in [6.45, 7) is 3.83. The predicted molar refractivity (Wildman–Crippen MR) is 70.4 cm³/mol. The van der Waals surface area contributed by atoms with E-state index in [0.29, 0.717) is 17.7 Å². The van der Waals surface area contributed by atoms with Crippen molar-refractivity contribution in [1.82, 2.24) is 20.0 Å². The van der Waals surface area contributed by atoms with E-state index >= 15 is 0 Å². The molecular formula is C13H22N4O. The highest BCUT2D eigenvalue weighted by Gasteiger charge is 2.30. The first-order chi connectivity index (χ1) is 8.65. The minimum absolute atomic E-state index is 0.0589. The number of carbonyl (C=O) groups is 1. The van der Waals surface area contributed by atoms with Gasteiger partial charge in [0.1, 0.15) is 5.69 Å². The molecule has 2 rings (SSSR count). The van der Waals surface area contributed by atoms with Crippen molar-refractivity contribution in [3.05, 3.63) is 18.0 Å². The summed E-state index contributed by atoms with van der Waals surface area (Å²) in [7, 11) is 3.84. The zero-order chi connectivity index (χ0) is 13.1. The van der Waals surface area contributed by atoms with Crippen LogP contribution in [0.4, 0.5) is 0 Å². The first kappa shape index (κ1) is 13.1. The SMILES string of the molecule is CCC1CN(C(=O)c2ccn(C)n2)CCC1NC. The van der Waals surface area contributed by atoms with Crippen molar-refractivity contribution in [2.24, 2.45) is 13.0 Å². The molecule has 1 fully saturated rings. The number of hydrogen-bond acceptors (Lipinski definition) is 3. The van der Waals surface area contributed by atoms with Gasteiger partial charge in [-0.1, -0.05) is 13.3 Å². The highest BCUT2D eigenvalue weighted by atomic mass is 16.2. The molecule has 100 valence electrons. The molecule has 1 saturated heterocycles. The van der Waals surface area contributed by atoms with Crippen LogP contribution < -0.4 is 5.32 Å². The number of nitrogens with one attached hydrogen (secondary N) is 1. The van der Waals surface area contributed by atoms with Gasteiger partial charge in [0, 0.05) is 32.4 Å². The van der Waals surface area contributed by atoms with E-state index in [9.17, 15) is 4.79 Å². The number of aromatic nitrogens is 2. The van der Waals surface area contributed by atoms with Gasteiger partial charge in [0.25, 0.3) is 5.91 Å². The molecular weight excluding hydrogens is 228 g/mol. The number of hydrogen-bond donors (Lipinski definition) is 1. The van der Waals surface area contributed by atoms with E-state index in [1.165, 1.54) is 0 Å². The molecule has 0 aromatic carbocycles. The van der Waals surface area contributed by atoms with E-state index in [4.69, 9.17) is 0 Å². The fraction of sp³-hybridized carbons (Fsp3) is 0.692. The standard InChI is InChI=1S/C13H22N4O/c1-4-10-9-17(8-6-11(10)14-2)13(18)12-5-7-16(3)15-12/h5,7,10-11,14H,4,6,8-9H2,1-3H3. The average molecular weight is 250 g/mol. The Morgan fingerprint density at radius 3 is 2.94 bits per heavy atom. The van der Waals surface area contributed by atoms with E-state index in [-0.39, 0.29) is 5.91 Å². The minimum Gasteiger partial charge on any atom is -0.337 e. The van der Waals surface area contributed by atoms with Gasteiger partial charge in [0.2, 0.25) is 0 Å². The van der Waals surface area contributed by atoms with E-state index < -0.39 is 0 Å². The topological polar surface area (TPSA) is 50.2 Å². The number of amides is 1. The Morgan fingerprint density at radius 2 is 2.39 bits per heavy atom. The molecule has 2 atom stereocenters.